The second-order valence-electron chi connectivity index (χ2n) is 5.84. The van der Waals surface area contributed by atoms with E-state index in [1.54, 1.807) is 0 Å². The van der Waals surface area contributed by atoms with Crippen LogP contribution in [-0.2, 0) is 6.42 Å². The molecule has 0 heterocycles. The van der Waals surface area contributed by atoms with Crippen LogP contribution < -0.4 is 5.73 Å². The van der Waals surface area contributed by atoms with Crippen molar-refractivity contribution in [3.8, 4) is 0 Å². The predicted octanol–water partition coefficient (Wildman–Crippen LogP) is 4.54. The summed E-state index contributed by atoms with van der Waals surface area (Å²) in [6, 6.07) is 8.58. The molecule has 100 valence electrons. The van der Waals surface area contributed by atoms with Crippen molar-refractivity contribution < 1.29 is 0 Å². The van der Waals surface area contributed by atoms with Gasteiger partial charge in [-0.3, -0.25) is 0 Å². The van der Waals surface area contributed by atoms with Crippen molar-refractivity contribution in [2.24, 2.45) is 17.1 Å². The monoisotopic (exact) mass is 309 g/mol. The molecule has 1 aliphatic carbocycles. The minimum absolute atomic E-state index is 0.336. The summed E-state index contributed by atoms with van der Waals surface area (Å²) >= 11 is 3.67. The summed E-state index contributed by atoms with van der Waals surface area (Å²) < 4.78 is 1.23. The molecule has 1 aliphatic rings. The molecule has 0 radical (unpaired) electrons. The second kappa shape index (κ2) is 6.21. The molecule has 0 spiro atoms. The van der Waals surface area contributed by atoms with Crippen molar-refractivity contribution in [3.63, 3.8) is 0 Å². The lowest BCUT2D eigenvalue weighted by atomic mass is 9.66. The largest absolute Gasteiger partial charge is 0.330 e. The third-order valence-electron chi connectivity index (χ3n) is 4.57. The zero-order valence-corrected chi connectivity index (χ0v) is 12.9. The van der Waals surface area contributed by atoms with E-state index >= 15 is 0 Å². The van der Waals surface area contributed by atoms with Gasteiger partial charge in [0, 0.05) is 4.47 Å². The average Bonchev–Trinajstić information content (AvgIpc) is 2.42. The lowest BCUT2D eigenvalue weighted by Crippen LogP contribution is -2.37. The average molecular weight is 310 g/mol. The van der Waals surface area contributed by atoms with E-state index in [0.29, 0.717) is 5.41 Å². The first kappa shape index (κ1) is 14.1. The highest BCUT2D eigenvalue weighted by Gasteiger charge is 2.34. The maximum Gasteiger partial charge on any atom is 0.0207 e. The van der Waals surface area contributed by atoms with Crippen molar-refractivity contribution in [1.82, 2.24) is 0 Å². The number of nitrogens with two attached hydrogens (primary N) is 1. The number of hydrogen-bond donors (Lipinski definition) is 1. The zero-order chi connectivity index (χ0) is 13.0. The van der Waals surface area contributed by atoms with Crippen LogP contribution in [0.5, 0.6) is 0 Å². The molecular formula is C16H24BrN. The van der Waals surface area contributed by atoms with E-state index in [1.807, 2.05) is 0 Å². The Morgan fingerprint density at radius 1 is 1.39 bits per heavy atom. The summed E-state index contributed by atoms with van der Waals surface area (Å²) in [6.45, 7) is 3.14. The highest BCUT2D eigenvalue weighted by molar-refractivity contribution is 9.10. The molecule has 1 saturated carbocycles. The van der Waals surface area contributed by atoms with Gasteiger partial charge in [-0.1, -0.05) is 60.3 Å². The van der Waals surface area contributed by atoms with Gasteiger partial charge in [0.1, 0.15) is 0 Å². The number of benzene rings is 1. The summed E-state index contributed by atoms with van der Waals surface area (Å²) in [5.74, 6) is 0.879. The SMILES string of the molecule is CCC1CCCC(CN)(Cc2ccccc2Br)C1. The van der Waals surface area contributed by atoms with E-state index in [2.05, 4.69) is 47.1 Å². The third-order valence-corrected chi connectivity index (χ3v) is 5.35. The van der Waals surface area contributed by atoms with Crippen LogP contribution in [0.15, 0.2) is 28.7 Å². The van der Waals surface area contributed by atoms with Crippen LogP contribution in [0.25, 0.3) is 0 Å². The van der Waals surface area contributed by atoms with E-state index in [-0.39, 0.29) is 0 Å². The maximum absolute atomic E-state index is 6.14. The van der Waals surface area contributed by atoms with Crippen LogP contribution in [0, 0.1) is 11.3 Å². The molecule has 2 atom stereocenters. The summed E-state index contributed by atoms with van der Waals surface area (Å²) in [4.78, 5) is 0. The van der Waals surface area contributed by atoms with Crippen LogP contribution in [0.1, 0.15) is 44.6 Å². The Labute approximate surface area is 119 Å². The molecule has 0 aliphatic heterocycles. The fourth-order valence-electron chi connectivity index (χ4n) is 3.39. The molecule has 0 amide bonds. The lowest BCUT2D eigenvalue weighted by Gasteiger charge is -2.40. The Balaban J connectivity index is 2.15. The first-order chi connectivity index (χ1) is 8.69. The molecule has 2 unspecified atom stereocenters. The van der Waals surface area contributed by atoms with Gasteiger partial charge in [0.05, 0.1) is 0 Å². The summed E-state index contributed by atoms with van der Waals surface area (Å²) in [5.41, 5.74) is 7.89. The Morgan fingerprint density at radius 2 is 2.17 bits per heavy atom. The van der Waals surface area contributed by atoms with Crippen LogP contribution in [-0.4, -0.2) is 6.54 Å². The van der Waals surface area contributed by atoms with Gasteiger partial charge >= 0.3 is 0 Å². The first-order valence-electron chi connectivity index (χ1n) is 7.12. The fourth-order valence-corrected chi connectivity index (χ4v) is 3.82. The lowest BCUT2D eigenvalue weighted by molar-refractivity contribution is 0.142. The van der Waals surface area contributed by atoms with E-state index < -0.39 is 0 Å². The molecule has 1 nitrogen and oxygen atoms in total. The van der Waals surface area contributed by atoms with Crippen molar-refractivity contribution in [2.45, 2.75) is 45.4 Å². The normalized spacial score (nSPS) is 28.3. The minimum Gasteiger partial charge on any atom is -0.330 e. The van der Waals surface area contributed by atoms with Crippen LogP contribution >= 0.6 is 15.9 Å². The minimum atomic E-state index is 0.336. The van der Waals surface area contributed by atoms with Gasteiger partial charge in [0.15, 0.2) is 0 Å². The van der Waals surface area contributed by atoms with Gasteiger partial charge in [0.2, 0.25) is 0 Å². The second-order valence-corrected chi connectivity index (χ2v) is 6.70. The Bertz CT molecular complexity index is 390. The molecule has 1 aromatic rings. The molecule has 2 heteroatoms. The van der Waals surface area contributed by atoms with E-state index in [4.69, 9.17) is 5.73 Å². The fraction of sp³-hybridized carbons (Fsp3) is 0.625. The summed E-state index contributed by atoms with van der Waals surface area (Å²) in [6.07, 6.45) is 7.77. The van der Waals surface area contributed by atoms with Gasteiger partial charge in [-0.05, 0) is 48.8 Å². The smallest absolute Gasteiger partial charge is 0.0207 e. The van der Waals surface area contributed by atoms with E-state index in [0.717, 1.165) is 18.9 Å². The molecule has 0 aromatic heterocycles. The number of halogens is 1. The Kier molecular flexibility index (Phi) is 4.85. The topological polar surface area (TPSA) is 26.0 Å². The van der Waals surface area contributed by atoms with Crippen molar-refractivity contribution in [1.29, 1.82) is 0 Å². The van der Waals surface area contributed by atoms with Gasteiger partial charge < -0.3 is 5.73 Å². The van der Waals surface area contributed by atoms with Crippen molar-refractivity contribution in [2.75, 3.05) is 6.54 Å². The summed E-state index contributed by atoms with van der Waals surface area (Å²) in [5, 5.41) is 0. The number of rotatable bonds is 4. The van der Waals surface area contributed by atoms with Crippen molar-refractivity contribution >= 4 is 15.9 Å². The van der Waals surface area contributed by atoms with Gasteiger partial charge in [0.25, 0.3) is 0 Å². The van der Waals surface area contributed by atoms with Crippen LogP contribution in [0.2, 0.25) is 0 Å². The standard InChI is InChI=1S/C16H24BrN/c1-2-13-6-5-9-16(10-13,12-18)11-14-7-3-4-8-15(14)17/h3-4,7-8,13H,2,5-6,9-12,18H2,1H3. The third kappa shape index (κ3) is 3.16. The van der Waals surface area contributed by atoms with Gasteiger partial charge in [-0.25, -0.2) is 0 Å². The molecule has 18 heavy (non-hydrogen) atoms. The van der Waals surface area contributed by atoms with Gasteiger partial charge in [-0.2, -0.15) is 0 Å². The van der Waals surface area contributed by atoms with Crippen LogP contribution in [0.3, 0.4) is 0 Å². The quantitative estimate of drug-likeness (QED) is 0.868. The molecule has 2 N–H and O–H groups in total. The van der Waals surface area contributed by atoms with Gasteiger partial charge in [-0.15, -0.1) is 0 Å². The summed E-state index contributed by atoms with van der Waals surface area (Å²) in [7, 11) is 0. The molecule has 1 aromatic carbocycles. The highest BCUT2D eigenvalue weighted by Crippen LogP contribution is 2.43. The van der Waals surface area contributed by atoms with Crippen molar-refractivity contribution in [3.05, 3.63) is 34.3 Å². The molecular weight excluding hydrogens is 286 g/mol. The van der Waals surface area contributed by atoms with Crippen LogP contribution in [0.4, 0.5) is 0 Å². The molecule has 1 fully saturated rings. The zero-order valence-electron chi connectivity index (χ0n) is 11.3. The maximum atomic E-state index is 6.14. The van der Waals surface area contributed by atoms with E-state index in [1.165, 1.54) is 42.1 Å². The molecule has 0 saturated heterocycles. The molecule has 2 rings (SSSR count). The highest BCUT2D eigenvalue weighted by atomic mass is 79.9. The Hall–Kier alpha value is -0.340. The number of hydrogen-bond acceptors (Lipinski definition) is 1. The van der Waals surface area contributed by atoms with E-state index in [9.17, 15) is 0 Å². The predicted molar refractivity (Wildman–Crippen MR) is 81.6 cm³/mol. The Morgan fingerprint density at radius 3 is 2.83 bits per heavy atom. The first-order valence-corrected chi connectivity index (χ1v) is 7.92. The molecule has 0 bridgehead atoms.